The molecule has 0 saturated heterocycles. The number of nitrogens with two attached hydrogens (primary N) is 1. The second-order valence-corrected chi connectivity index (χ2v) is 3.81. The molecule has 0 spiro atoms. The summed E-state index contributed by atoms with van der Waals surface area (Å²) in [5, 5.41) is 7.87. The molecule has 0 fully saturated rings. The minimum absolute atomic E-state index is 0.731. The van der Waals surface area contributed by atoms with E-state index < -0.39 is 12.0 Å². The van der Waals surface area contributed by atoms with Gasteiger partial charge in [0.15, 0.2) is 0 Å². The highest BCUT2D eigenvalue weighted by atomic mass is 16.4. The van der Waals surface area contributed by atoms with Crippen LogP contribution < -0.4 is 5.73 Å². The summed E-state index contributed by atoms with van der Waals surface area (Å²) in [5.41, 5.74) is 4.84. The molecular formula is C7H19N2O2+. The molecule has 1 unspecified atom stereocenters. The first-order valence-electron chi connectivity index (χ1n) is 3.42. The van der Waals surface area contributed by atoms with E-state index in [4.69, 9.17) is 10.8 Å². The van der Waals surface area contributed by atoms with Crippen LogP contribution in [0.25, 0.3) is 0 Å². The number of carbonyl (C=O) groups is 1. The van der Waals surface area contributed by atoms with Gasteiger partial charge < -0.3 is 15.3 Å². The lowest BCUT2D eigenvalue weighted by molar-refractivity contribution is -0.849. The van der Waals surface area contributed by atoms with Gasteiger partial charge in [0.1, 0.15) is 6.04 Å². The fourth-order valence-corrected chi connectivity index (χ4v) is 0. The fraction of sp³-hybridized carbons (Fsp3) is 0.857. The summed E-state index contributed by atoms with van der Waals surface area (Å²) in [5.74, 6) is -0.963. The minimum Gasteiger partial charge on any atom is -0.480 e. The van der Waals surface area contributed by atoms with Crippen LogP contribution in [0.4, 0.5) is 0 Å². The van der Waals surface area contributed by atoms with Crippen molar-refractivity contribution in [1.82, 2.24) is 0 Å². The van der Waals surface area contributed by atoms with Gasteiger partial charge in [-0.15, -0.1) is 0 Å². The summed E-state index contributed by atoms with van der Waals surface area (Å²) in [6.45, 7) is 1.42. The molecule has 4 nitrogen and oxygen atoms in total. The molecule has 0 bridgehead atoms. The zero-order chi connectivity index (χ0) is 9.65. The Kier molecular flexibility index (Phi) is 6.03. The molecule has 0 saturated carbocycles. The first-order chi connectivity index (χ1) is 4.64. The van der Waals surface area contributed by atoms with Crippen molar-refractivity contribution >= 4 is 5.97 Å². The van der Waals surface area contributed by atoms with Crippen LogP contribution in [0.2, 0.25) is 0 Å². The first-order valence-corrected chi connectivity index (χ1v) is 3.42. The summed E-state index contributed by atoms with van der Waals surface area (Å²) < 4.78 is 1.00. The second kappa shape index (κ2) is 5.09. The molecule has 3 N–H and O–H groups in total. The largest absolute Gasteiger partial charge is 0.480 e. The molecule has 0 aromatic carbocycles. The number of quaternary nitrogens is 1. The number of nitrogens with zero attached hydrogens (tertiary/aromatic N) is 1. The average Bonchev–Trinajstić information content (AvgIpc) is 1.59. The maximum atomic E-state index is 9.57. The number of aliphatic carboxylic acids is 1. The van der Waals surface area contributed by atoms with Gasteiger partial charge in [0.2, 0.25) is 0 Å². The highest BCUT2D eigenvalue weighted by molar-refractivity contribution is 5.72. The highest BCUT2D eigenvalue weighted by Crippen LogP contribution is 1.73. The van der Waals surface area contributed by atoms with E-state index in [1.165, 1.54) is 6.92 Å². The average molecular weight is 163 g/mol. The molecule has 4 heteroatoms. The van der Waals surface area contributed by atoms with Gasteiger partial charge >= 0.3 is 5.97 Å². The quantitative estimate of drug-likeness (QED) is 0.523. The normalized spacial score (nSPS) is 12.9. The van der Waals surface area contributed by atoms with E-state index in [1.54, 1.807) is 0 Å². The van der Waals surface area contributed by atoms with Crippen molar-refractivity contribution in [2.75, 3.05) is 28.2 Å². The molecular weight excluding hydrogens is 144 g/mol. The van der Waals surface area contributed by atoms with Gasteiger partial charge in [-0.3, -0.25) is 4.79 Å². The third-order valence-corrected chi connectivity index (χ3v) is 0.390. The van der Waals surface area contributed by atoms with E-state index >= 15 is 0 Å². The van der Waals surface area contributed by atoms with E-state index in [0.717, 1.165) is 4.48 Å². The molecule has 0 heterocycles. The first kappa shape index (κ1) is 13.0. The molecule has 0 radical (unpaired) electrons. The van der Waals surface area contributed by atoms with E-state index in [0.29, 0.717) is 0 Å². The topological polar surface area (TPSA) is 63.3 Å². The van der Waals surface area contributed by atoms with Crippen LogP contribution in [0.1, 0.15) is 6.92 Å². The maximum Gasteiger partial charge on any atom is 0.320 e. The molecule has 0 aromatic rings. The van der Waals surface area contributed by atoms with Crippen LogP contribution in [-0.2, 0) is 4.79 Å². The second-order valence-electron chi connectivity index (χ2n) is 3.81. The number of hydrogen-bond acceptors (Lipinski definition) is 2. The summed E-state index contributed by atoms with van der Waals surface area (Å²) in [7, 11) is 8.50. The monoisotopic (exact) mass is 163 g/mol. The van der Waals surface area contributed by atoms with Gasteiger partial charge in [-0.2, -0.15) is 0 Å². The molecule has 0 aliphatic carbocycles. The third kappa shape index (κ3) is 44.6. The molecule has 0 aliphatic heterocycles. The Morgan fingerprint density at radius 3 is 1.45 bits per heavy atom. The molecule has 11 heavy (non-hydrogen) atoms. The van der Waals surface area contributed by atoms with Gasteiger partial charge in [0, 0.05) is 0 Å². The van der Waals surface area contributed by atoms with E-state index in [1.807, 2.05) is 0 Å². The standard InChI is InChI=1S/C4H12N.C3H7NO2/c1-5(2,3)4;1-2(4)3(5)6/h1-4H3;2H,4H2,1H3,(H,5,6)/q+1;. The summed E-state index contributed by atoms with van der Waals surface area (Å²) in [6, 6.07) is -0.731. The lowest BCUT2D eigenvalue weighted by Gasteiger charge is -2.14. The van der Waals surface area contributed by atoms with Crippen LogP contribution in [0.3, 0.4) is 0 Å². The maximum absolute atomic E-state index is 9.57. The lowest BCUT2D eigenvalue weighted by Crippen LogP contribution is -2.27. The third-order valence-electron chi connectivity index (χ3n) is 0.390. The van der Waals surface area contributed by atoms with E-state index in [-0.39, 0.29) is 0 Å². The zero-order valence-electron chi connectivity index (χ0n) is 7.96. The van der Waals surface area contributed by atoms with Crippen LogP contribution in [0, 0.1) is 0 Å². The van der Waals surface area contributed by atoms with Crippen LogP contribution in [0.5, 0.6) is 0 Å². The number of rotatable bonds is 1. The Morgan fingerprint density at radius 2 is 1.45 bits per heavy atom. The summed E-state index contributed by atoms with van der Waals surface area (Å²) in [6.07, 6.45) is 0. The van der Waals surface area contributed by atoms with Crippen molar-refractivity contribution in [3.05, 3.63) is 0 Å². The smallest absolute Gasteiger partial charge is 0.320 e. The Balaban J connectivity index is 0. The minimum atomic E-state index is -0.963. The Hall–Kier alpha value is -0.610. The summed E-state index contributed by atoms with van der Waals surface area (Å²) in [4.78, 5) is 9.57. The van der Waals surface area contributed by atoms with Crippen molar-refractivity contribution in [3.8, 4) is 0 Å². The molecule has 68 valence electrons. The zero-order valence-corrected chi connectivity index (χ0v) is 7.96. The highest BCUT2D eigenvalue weighted by Gasteiger charge is 1.99. The van der Waals surface area contributed by atoms with Crippen molar-refractivity contribution in [2.45, 2.75) is 13.0 Å². The predicted molar refractivity (Wildman–Crippen MR) is 45.2 cm³/mol. The van der Waals surface area contributed by atoms with E-state index in [2.05, 4.69) is 28.2 Å². The fourth-order valence-electron chi connectivity index (χ4n) is 0. The molecule has 1 atom stereocenters. The van der Waals surface area contributed by atoms with Crippen molar-refractivity contribution in [3.63, 3.8) is 0 Å². The number of hydrogen-bond donors (Lipinski definition) is 2. The Morgan fingerprint density at radius 1 is 1.36 bits per heavy atom. The predicted octanol–water partition coefficient (Wildman–Crippen LogP) is -0.259. The van der Waals surface area contributed by atoms with Gasteiger partial charge in [-0.25, -0.2) is 0 Å². The van der Waals surface area contributed by atoms with Gasteiger partial charge in [-0.05, 0) is 6.92 Å². The number of carboxylic acids is 1. The van der Waals surface area contributed by atoms with Gasteiger partial charge in [0.05, 0.1) is 28.2 Å². The van der Waals surface area contributed by atoms with Gasteiger partial charge in [0.25, 0.3) is 0 Å². The molecule has 0 rings (SSSR count). The molecule has 0 aromatic heterocycles. The van der Waals surface area contributed by atoms with Crippen LogP contribution >= 0.6 is 0 Å². The Labute approximate surface area is 68.2 Å². The summed E-state index contributed by atoms with van der Waals surface area (Å²) >= 11 is 0. The van der Waals surface area contributed by atoms with E-state index in [9.17, 15) is 4.79 Å². The molecule has 0 aliphatic rings. The Bertz CT molecular complexity index is 110. The van der Waals surface area contributed by atoms with Crippen LogP contribution in [0.15, 0.2) is 0 Å². The van der Waals surface area contributed by atoms with Crippen LogP contribution in [-0.4, -0.2) is 49.8 Å². The lowest BCUT2D eigenvalue weighted by atomic mass is 10.4. The molecule has 0 amide bonds. The number of carboxylic acid groups (broad SMARTS) is 1. The van der Waals surface area contributed by atoms with Crippen molar-refractivity contribution in [1.29, 1.82) is 0 Å². The van der Waals surface area contributed by atoms with Gasteiger partial charge in [-0.1, -0.05) is 0 Å². The SMILES string of the molecule is CC(N)C(=O)O.C[N+](C)(C)C. The van der Waals surface area contributed by atoms with Crippen molar-refractivity contribution in [2.24, 2.45) is 5.73 Å². The van der Waals surface area contributed by atoms with Crippen molar-refractivity contribution < 1.29 is 14.4 Å².